The number of phenolic OH excluding ortho intramolecular Hbond substituents is 2. The van der Waals surface area contributed by atoms with Crippen LogP contribution >= 0.6 is 11.3 Å². The lowest BCUT2D eigenvalue weighted by molar-refractivity contribution is -0.131. The van der Waals surface area contributed by atoms with Crippen LogP contribution in [0.3, 0.4) is 0 Å². The third-order valence-electron chi connectivity index (χ3n) is 4.95. The molecule has 0 fully saturated rings. The second-order valence-electron chi connectivity index (χ2n) is 7.11. The van der Waals surface area contributed by atoms with Gasteiger partial charge in [0.05, 0.1) is 4.88 Å². The number of rotatable bonds is 5. The van der Waals surface area contributed by atoms with Gasteiger partial charge < -0.3 is 15.3 Å². The molecule has 1 heterocycles. The van der Waals surface area contributed by atoms with Gasteiger partial charge in [0, 0.05) is 27.3 Å². The van der Waals surface area contributed by atoms with Crippen molar-refractivity contribution in [1.82, 2.24) is 0 Å². The highest BCUT2D eigenvalue weighted by Crippen LogP contribution is 2.41. The number of aliphatic carboxylic acids is 1. The number of thiophene rings is 1. The maximum Gasteiger partial charge on any atom is 0.328 e. The Bertz CT molecular complexity index is 1350. The van der Waals surface area contributed by atoms with Gasteiger partial charge in [-0.25, -0.2) is 4.79 Å². The standard InChI is InChI=1S/C25H18O5S/c1-14-12-17(26)7-9-19(14)24(30)25-23(20-10-8-18(27)13-21(20)31-25)16-5-2-15(3-6-16)4-11-22(28)29/h2-13,26-27H,1H3,(H,28,29)/b11-4+. The zero-order chi connectivity index (χ0) is 22.1. The largest absolute Gasteiger partial charge is 0.508 e. The molecule has 4 rings (SSSR count). The molecule has 0 radical (unpaired) electrons. The van der Waals surface area contributed by atoms with Crippen molar-refractivity contribution in [3.05, 3.63) is 88.3 Å². The lowest BCUT2D eigenvalue weighted by Crippen LogP contribution is -2.03. The van der Waals surface area contributed by atoms with Gasteiger partial charge in [0.25, 0.3) is 0 Å². The van der Waals surface area contributed by atoms with Crippen molar-refractivity contribution in [3.8, 4) is 22.6 Å². The summed E-state index contributed by atoms with van der Waals surface area (Å²) in [5.41, 5.74) is 3.46. The third-order valence-corrected chi connectivity index (χ3v) is 6.10. The number of carboxylic acids is 1. The quantitative estimate of drug-likeness (QED) is 0.282. The molecule has 6 heteroatoms. The van der Waals surface area contributed by atoms with Gasteiger partial charge in [-0.3, -0.25) is 4.79 Å². The molecule has 0 aliphatic carbocycles. The number of carbonyl (C=O) groups is 2. The second kappa shape index (κ2) is 8.08. The van der Waals surface area contributed by atoms with Gasteiger partial charge >= 0.3 is 5.97 Å². The molecule has 4 aromatic rings. The summed E-state index contributed by atoms with van der Waals surface area (Å²) >= 11 is 1.30. The Kier molecular flexibility index (Phi) is 5.31. The van der Waals surface area contributed by atoms with Crippen LogP contribution < -0.4 is 0 Å². The zero-order valence-electron chi connectivity index (χ0n) is 16.5. The van der Waals surface area contributed by atoms with Crippen LogP contribution in [-0.4, -0.2) is 27.1 Å². The van der Waals surface area contributed by atoms with Crippen LogP contribution in [0.4, 0.5) is 0 Å². The molecule has 3 N–H and O–H groups in total. The van der Waals surface area contributed by atoms with E-state index in [1.54, 1.807) is 49.4 Å². The van der Waals surface area contributed by atoms with Gasteiger partial charge in [-0.15, -0.1) is 11.3 Å². The molecule has 31 heavy (non-hydrogen) atoms. The number of aromatic hydroxyl groups is 2. The van der Waals surface area contributed by atoms with E-state index in [1.807, 2.05) is 12.1 Å². The van der Waals surface area contributed by atoms with Crippen LogP contribution in [0.2, 0.25) is 0 Å². The predicted octanol–water partition coefficient (Wildman–Crippen LogP) is 5.62. The summed E-state index contributed by atoms with van der Waals surface area (Å²) in [5, 5.41) is 29.3. The minimum atomic E-state index is -1.02. The second-order valence-corrected chi connectivity index (χ2v) is 8.16. The van der Waals surface area contributed by atoms with Gasteiger partial charge in [0.2, 0.25) is 5.78 Å². The summed E-state index contributed by atoms with van der Waals surface area (Å²) in [7, 11) is 0. The number of carboxylic acid groups (broad SMARTS) is 1. The minimum absolute atomic E-state index is 0.0977. The molecule has 5 nitrogen and oxygen atoms in total. The molecule has 0 atom stereocenters. The normalized spacial score (nSPS) is 11.3. The zero-order valence-corrected chi connectivity index (χ0v) is 17.3. The third kappa shape index (κ3) is 4.06. The molecule has 0 unspecified atom stereocenters. The number of hydrogen-bond acceptors (Lipinski definition) is 5. The molecule has 0 saturated carbocycles. The first kappa shape index (κ1) is 20.4. The molecular formula is C25H18O5S. The molecule has 0 amide bonds. The highest BCUT2D eigenvalue weighted by Gasteiger charge is 2.22. The van der Waals surface area contributed by atoms with E-state index >= 15 is 0 Å². The Balaban J connectivity index is 1.88. The molecule has 0 bridgehead atoms. The number of ketones is 1. The Morgan fingerprint density at radius 1 is 0.903 bits per heavy atom. The molecule has 0 saturated heterocycles. The van der Waals surface area contributed by atoms with Crippen molar-refractivity contribution in [1.29, 1.82) is 0 Å². The number of aryl methyl sites for hydroxylation is 1. The number of hydrogen-bond donors (Lipinski definition) is 3. The molecule has 3 aromatic carbocycles. The fourth-order valence-electron chi connectivity index (χ4n) is 3.49. The van der Waals surface area contributed by atoms with E-state index in [-0.39, 0.29) is 17.3 Å². The Morgan fingerprint density at radius 2 is 1.58 bits per heavy atom. The van der Waals surface area contributed by atoms with E-state index in [1.165, 1.54) is 23.5 Å². The van der Waals surface area contributed by atoms with Crippen molar-refractivity contribution in [2.45, 2.75) is 6.92 Å². The lowest BCUT2D eigenvalue weighted by atomic mass is 9.95. The van der Waals surface area contributed by atoms with Crippen LogP contribution in [0.5, 0.6) is 11.5 Å². The van der Waals surface area contributed by atoms with E-state index in [9.17, 15) is 19.8 Å². The van der Waals surface area contributed by atoms with Gasteiger partial charge in [0.15, 0.2) is 0 Å². The van der Waals surface area contributed by atoms with Gasteiger partial charge in [0.1, 0.15) is 11.5 Å². The highest BCUT2D eigenvalue weighted by molar-refractivity contribution is 7.21. The molecular weight excluding hydrogens is 412 g/mol. The van der Waals surface area contributed by atoms with Crippen molar-refractivity contribution in [2.75, 3.05) is 0 Å². The molecule has 0 aliphatic heterocycles. The molecule has 0 aliphatic rings. The van der Waals surface area contributed by atoms with Gasteiger partial charge in [-0.2, -0.15) is 0 Å². The molecule has 0 spiro atoms. The maximum atomic E-state index is 13.5. The average Bonchev–Trinajstić information content (AvgIpc) is 3.10. The monoisotopic (exact) mass is 430 g/mol. The molecule has 154 valence electrons. The van der Waals surface area contributed by atoms with Crippen molar-refractivity contribution < 1.29 is 24.9 Å². The molecule has 1 aromatic heterocycles. The Hall–Kier alpha value is -3.90. The van der Waals surface area contributed by atoms with Crippen LogP contribution in [-0.2, 0) is 4.79 Å². The first-order valence-electron chi connectivity index (χ1n) is 9.45. The predicted molar refractivity (Wildman–Crippen MR) is 122 cm³/mol. The van der Waals surface area contributed by atoms with Gasteiger partial charge in [-0.1, -0.05) is 24.3 Å². The maximum absolute atomic E-state index is 13.5. The number of benzene rings is 3. The SMILES string of the molecule is Cc1cc(O)ccc1C(=O)c1sc2cc(O)ccc2c1-c1ccc(/C=C/C(=O)O)cc1. The lowest BCUT2D eigenvalue weighted by Gasteiger charge is -2.08. The fraction of sp³-hybridized carbons (Fsp3) is 0.0400. The summed E-state index contributed by atoms with van der Waals surface area (Å²) in [6.45, 7) is 1.77. The number of fused-ring (bicyclic) bond motifs is 1. The first-order chi connectivity index (χ1) is 14.8. The number of carbonyl (C=O) groups excluding carboxylic acids is 1. The average molecular weight is 430 g/mol. The van der Waals surface area contributed by atoms with Crippen molar-refractivity contribution in [2.24, 2.45) is 0 Å². The summed E-state index contributed by atoms with van der Waals surface area (Å²) < 4.78 is 0.782. The topological polar surface area (TPSA) is 94.8 Å². The summed E-state index contributed by atoms with van der Waals surface area (Å²) in [6, 6.07) is 16.9. The summed E-state index contributed by atoms with van der Waals surface area (Å²) in [6.07, 6.45) is 2.57. The van der Waals surface area contributed by atoms with Crippen molar-refractivity contribution in [3.63, 3.8) is 0 Å². The van der Waals surface area contributed by atoms with E-state index in [0.29, 0.717) is 16.0 Å². The van der Waals surface area contributed by atoms with E-state index < -0.39 is 5.97 Å². The highest BCUT2D eigenvalue weighted by atomic mass is 32.1. The first-order valence-corrected chi connectivity index (χ1v) is 10.3. The van der Waals surface area contributed by atoms with Gasteiger partial charge in [-0.05, 0) is 66.1 Å². The fourth-order valence-corrected chi connectivity index (χ4v) is 4.70. The van der Waals surface area contributed by atoms with Crippen LogP contribution in [0.15, 0.2) is 66.7 Å². The van der Waals surface area contributed by atoms with E-state index in [2.05, 4.69) is 0 Å². The smallest absolute Gasteiger partial charge is 0.328 e. The summed E-state index contributed by atoms with van der Waals surface area (Å²) in [4.78, 5) is 24.7. The van der Waals surface area contributed by atoms with E-state index in [4.69, 9.17) is 5.11 Å². The van der Waals surface area contributed by atoms with Crippen LogP contribution in [0.1, 0.15) is 26.4 Å². The summed E-state index contributed by atoms with van der Waals surface area (Å²) in [5.74, 6) is -0.970. The minimum Gasteiger partial charge on any atom is -0.508 e. The van der Waals surface area contributed by atoms with Crippen molar-refractivity contribution >= 4 is 39.3 Å². The van der Waals surface area contributed by atoms with E-state index in [0.717, 1.165) is 32.9 Å². The Labute approximate surface area is 182 Å². The van der Waals surface area contributed by atoms with Crippen LogP contribution in [0, 0.1) is 6.92 Å². The Morgan fingerprint density at radius 3 is 2.26 bits per heavy atom. The number of phenols is 2. The van der Waals surface area contributed by atoms with Crippen LogP contribution in [0.25, 0.3) is 27.3 Å².